The quantitative estimate of drug-likeness (QED) is 0.677. The van der Waals surface area contributed by atoms with E-state index in [4.69, 9.17) is 27.9 Å². The highest BCUT2D eigenvalue weighted by molar-refractivity contribution is 6.37. The molecule has 31 heavy (non-hydrogen) atoms. The highest BCUT2D eigenvalue weighted by Crippen LogP contribution is 2.39. The van der Waals surface area contributed by atoms with Crippen molar-refractivity contribution in [3.8, 4) is 0 Å². The van der Waals surface area contributed by atoms with Gasteiger partial charge in [0.25, 0.3) is 11.8 Å². The molecule has 1 aromatic carbocycles. The number of carbonyl (C=O) groups excluding carboxylic acids is 2. The van der Waals surface area contributed by atoms with Gasteiger partial charge in [0.1, 0.15) is 0 Å². The lowest BCUT2D eigenvalue weighted by Crippen LogP contribution is -2.43. The first-order valence-corrected chi connectivity index (χ1v) is 11.4. The average molecular weight is 464 g/mol. The first kappa shape index (κ1) is 22.5. The number of rotatable bonds is 4. The Kier molecular flexibility index (Phi) is 6.54. The Bertz CT molecular complexity index is 983. The van der Waals surface area contributed by atoms with E-state index >= 15 is 0 Å². The number of fused-ring (bicyclic) bond motifs is 1. The number of allylic oxidation sites excluding steroid dienone is 1. The molecular weight excluding hydrogens is 437 g/mol. The number of aliphatic imine (C=N–C) groups is 1. The van der Waals surface area contributed by atoms with Gasteiger partial charge < -0.3 is 9.64 Å². The van der Waals surface area contributed by atoms with E-state index in [1.54, 1.807) is 11.8 Å². The van der Waals surface area contributed by atoms with Crippen LogP contribution in [0, 0.1) is 5.92 Å². The molecule has 3 aliphatic heterocycles. The van der Waals surface area contributed by atoms with Gasteiger partial charge in [-0.05, 0) is 50.5 Å². The number of nitrogens with zero attached hydrogens (tertiary/aromatic N) is 3. The Morgan fingerprint density at radius 2 is 1.90 bits per heavy atom. The summed E-state index contributed by atoms with van der Waals surface area (Å²) in [6.45, 7) is 9.56. The van der Waals surface area contributed by atoms with Gasteiger partial charge in [0, 0.05) is 43.0 Å². The minimum absolute atomic E-state index is 0.0183. The van der Waals surface area contributed by atoms with Crippen molar-refractivity contribution in [3.63, 3.8) is 0 Å². The van der Waals surface area contributed by atoms with E-state index in [0.29, 0.717) is 54.0 Å². The summed E-state index contributed by atoms with van der Waals surface area (Å²) < 4.78 is 5.45. The van der Waals surface area contributed by atoms with Crippen molar-refractivity contribution in [2.24, 2.45) is 10.9 Å². The van der Waals surface area contributed by atoms with Crippen LogP contribution in [-0.2, 0) is 16.0 Å². The van der Waals surface area contributed by atoms with Gasteiger partial charge in [-0.2, -0.15) is 0 Å². The molecule has 8 heteroatoms. The molecule has 4 rings (SSSR count). The molecule has 0 spiro atoms. The zero-order valence-electron chi connectivity index (χ0n) is 18.1. The Hall–Kier alpha value is -1.73. The second-order valence-corrected chi connectivity index (χ2v) is 9.26. The fraction of sp³-hybridized carbons (Fsp3) is 0.522. The van der Waals surface area contributed by atoms with Crippen LogP contribution in [0.2, 0.25) is 10.0 Å². The Morgan fingerprint density at radius 3 is 2.58 bits per heavy atom. The summed E-state index contributed by atoms with van der Waals surface area (Å²) in [4.78, 5) is 34.0. The van der Waals surface area contributed by atoms with Crippen molar-refractivity contribution in [2.75, 3.05) is 39.4 Å². The van der Waals surface area contributed by atoms with Crippen LogP contribution in [0.4, 0.5) is 0 Å². The van der Waals surface area contributed by atoms with Gasteiger partial charge in [0.05, 0.1) is 29.7 Å². The van der Waals surface area contributed by atoms with Crippen LogP contribution in [-0.4, -0.2) is 66.7 Å². The average Bonchev–Trinajstić information content (AvgIpc) is 2.74. The topological polar surface area (TPSA) is 62.2 Å². The second-order valence-electron chi connectivity index (χ2n) is 8.47. The van der Waals surface area contributed by atoms with E-state index in [0.717, 1.165) is 29.8 Å². The van der Waals surface area contributed by atoms with Crippen LogP contribution in [0.3, 0.4) is 0 Å². The summed E-state index contributed by atoms with van der Waals surface area (Å²) in [5, 5.41) is 1.04. The van der Waals surface area contributed by atoms with E-state index in [-0.39, 0.29) is 17.9 Å². The Balaban J connectivity index is 1.62. The van der Waals surface area contributed by atoms with Gasteiger partial charge in [-0.25, -0.2) is 4.99 Å². The largest absolute Gasteiger partial charge is 0.379 e. The minimum atomic E-state index is -0.418. The van der Waals surface area contributed by atoms with Crippen LogP contribution in [0.15, 0.2) is 22.7 Å². The highest BCUT2D eigenvalue weighted by atomic mass is 35.5. The predicted molar refractivity (Wildman–Crippen MR) is 122 cm³/mol. The molecule has 2 atom stereocenters. The zero-order chi connectivity index (χ0) is 22.3. The molecule has 6 nitrogen and oxygen atoms in total. The molecule has 3 heterocycles. The number of halogens is 2. The summed E-state index contributed by atoms with van der Waals surface area (Å²) >= 11 is 13.4. The third kappa shape index (κ3) is 4.31. The fourth-order valence-corrected chi connectivity index (χ4v) is 5.36. The maximum Gasteiger partial charge on any atom is 0.255 e. The maximum absolute atomic E-state index is 13.5. The van der Waals surface area contributed by atoms with Crippen LogP contribution in [0.25, 0.3) is 0 Å². The monoisotopic (exact) mass is 463 g/mol. The van der Waals surface area contributed by atoms with Gasteiger partial charge in [0.15, 0.2) is 0 Å². The molecule has 0 bridgehead atoms. The molecule has 0 saturated carbocycles. The van der Waals surface area contributed by atoms with Crippen LogP contribution in [0.1, 0.15) is 48.3 Å². The minimum Gasteiger partial charge on any atom is -0.379 e. The van der Waals surface area contributed by atoms with E-state index in [1.807, 2.05) is 19.1 Å². The number of hydrogen-bond donors (Lipinski definition) is 0. The van der Waals surface area contributed by atoms with Gasteiger partial charge in [-0.3, -0.25) is 14.5 Å². The summed E-state index contributed by atoms with van der Waals surface area (Å²) in [7, 11) is 0. The first-order valence-electron chi connectivity index (χ1n) is 10.7. The second kappa shape index (κ2) is 9.02. The normalized spacial score (nSPS) is 23.4. The van der Waals surface area contributed by atoms with Crippen LogP contribution < -0.4 is 0 Å². The van der Waals surface area contributed by atoms with Crippen molar-refractivity contribution in [3.05, 3.63) is 44.5 Å². The number of morpholine rings is 1. The number of hydrogen-bond acceptors (Lipinski definition) is 4. The number of amides is 2. The highest BCUT2D eigenvalue weighted by Gasteiger charge is 2.35. The summed E-state index contributed by atoms with van der Waals surface area (Å²) in [6.07, 6.45) is 2.51. The van der Waals surface area contributed by atoms with Gasteiger partial charge in [-0.15, -0.1) is 0 Å². The van der Waals surface area contributed by atoms with Crippen molar-refractivity contribution in [1.82, 2.24) is 9.80 Å². The third-order valence-corrected chi connectivity index (χ3v) is 7.24. The van der Waals surface area contributed by atoms with Crippen molar-refractivity contribution in [2.45, 2.75) is 33.2 Å². The standard InChI is InChI=1S/C23H27Cl2N3O3/c1-13-10-14(2)26-22(29)18(13)12-28-5-4-16-19(24)11-17(21(25)20(16)23(28)30)15(3)27-6-8-31-9-7-27/h10-11,15,18H,4-9,12H2,1-3H3. The summed E-state index contributed by atoms with van der Waals surface area (Å²) in [5.74, 6) is -0.787. The summed E-state index contributed by atoms with van der Waals surface area (Å²) in [5.41, 5.74) is 3.75. The molecule has 1 fully saturated rings. The first-order chi connectivity index (χ1) is 14.8. The third-order valence-electron chi connectivity index (χ3n) is 6.50. The number of dihydropyridines is 1. The lowest BCUT2D eigenvalue weighted by molar-refractivity contribution is -0.120. The van der Waals surface area contributed by atoms with Gasteiger partial charge in [-0.1, -0.05) is 28.8 Å². The van der Waals surface area contributed by atoms with Crippen molar-refractivity contribution < 1.29 is 14.3 Å². The maximum atomic E-state index is 13.5. The summed E-state index contributed by atoms with van der Waals surface area (Å²) in [6, 6.07) is 1.92. The van der Waals surface area contributed by atoms with Crippen molar-refractivity contribution in [1.29, 1.82) is 0 Å². The smallest absolute Gasteiger partial charge is 0.255 e. The van der Waals surface area contributed by atoms with E-state index in [2.05, 4.69) is 16.8 Å². The fourth-order valence-electron chi connectivity index (χ4n) is 4.65. The van der Waals surface area contributed by atoms with E-state index in [1.165, 1.54) is 0 Å². The van der Waals surface area contributed by atoms with Gasteiger partial charge in [0.2, 0.25) is 0 Å². The molecule has 0 N–H and O–H groups in total. The van der Waals surface area contributed by atoms with E-state index < -0.39 is 5.92 Å². The molecule has 1 saturated heterocycles. The van der Waals surface area contributed by atoms with Crippen LogP contribution in [0.5, 0.6) is 0 Å². The lowest BCUT2D eigenvalue weighted by Gasteiger charge is -2.36. The molecule has 2 unspecified atom stereocenters. The SMILES string of the molecule is CC1=CC(C)=NC(=O)C1CN1CCc2c(Cl)cc(C(C)N3CCOCC3)c(Cl)c2C1=O. The molecule has 1 aromatic rings. The molecule has 0 aliphatic carbocycles. The molecule has 0 aromatic heterocycles. The Morgan fingerprint density at radius 1 is 1.19 bits per heavy atom. The lowest BCUT2D eigenvalue weighted by atomic mass is 9.91. The zero-order valence-corrected chi connectivity index (χ0v) is 19.6. The Labute approximate surface area is 192 Å². The molecule has 3 aliphatic rings. The van der Waals surface area contributed by atoms with E-state index in [9.17, 15) is 9.59 Å². The number of carbonyl (C=O) groups is 2. The number of benzene rings is 1. The molecule has 2 amide bonds. The predicted octanol–water partition coefficient (Wildman–Crippen LogP) is 3.95. The molecular formula is C23H27Cl2N3O3. The van der Waals surface area contributed by atoms with Gasteiger partial charge >= 0.3 is 0 Å². The van der Waals surface area contributed by atoms with Crippen LogP contribution >= 0.6 is 23.2 Å². The van der Waals surface area contributed by atoms with Crippen molar-refractivity contribution >= 4 is 40.7 Å². The molecule has 0 radical (unpaired) electrons. The molecule has 166 valence electrons. The number of ether oxygens (including phenoxy) is 1.